The number of hydrogen-bond donors (Lipinski definition) is 0. The molecule has 2 aromatic carbocycles. The molecule has 0 aromatic heterocycles. The van der Waals surface area contributed by atoms with Crippen molar-refractivity contribution < 1.29 is 32.3 Å². The molecule has 2 aromatic rings. The van der Waals surface area contributed by atoms with Crippen LogP contribution in [-0.4, -0.2) is 43.5 Å². The van der Waals surface area contributed by atoms with Crippen LogP contribution < -0.4 is 4.74 Å². The monoisotopic (exact) mass is 490 g/mol. The maximum absolute atomic E-state index is 13.0. The topological polar surface area (TPSA) is 125 Å². The predicted octanol–water partition coefficient (Wildman–Crippen LogP) is 3.77. The van der Waals surface area contributed by atoms with Crippen LogP contribution in [0.3, 0.4) is 0 Å². The summed E-state index contributed by atoms with van der Waals surface area (Å²) in [6, 6.07) is 8.23. The molecule has 182 valence electrons. The van der Waals surface area contributed by atoms with Crippen molar-refractivity contribution >= 4 is 21.7 Å². The molecule has 0 radical (unpaired) electrons. The van der Waals surface area contributed by atoms with Gasteiger partial charge in [0.15, 0.2) is 6.79 Å². The molecule has 4 rings (SSSR count). The van der Waals surface area contributed by atoms with Crippen LogP contribution in [0, 0.1) is 10.1 Å². The van der Waals surface area contributed by atoms with Gasteiger partial charge in [-0.2, -0.15) is 4.31 Å². The van der Waals surface area contributed by atoms with Gasteiger partial charge in [0.05, 0.1) is 22.0 Å². The fraction of sp³-hybridized carbons (Fsp3) is 0.435. The van der Waals surface area contributed by atoms with Gasteiger partial charge in [0.2, 0.25) is 10.0 Å². The average molecular weight is 491 g/mol. The van der Waals surface area contributed by atoms with Gasteiger partial charge in [0, 0.05) is 36.3 Å². The van der Waals surface area contributed by atoms with E-state index in [0.717, 1.165) is 32.1 Å². The van der Waals surface area contributed by atoms with Crippen LogP contribution in [0.2, 0.25) is 0 Å². The molecular weight excluding hydrogens is 464 g/mol. The number of carbonyl (C=O) groups is 1. The highest BCUT2D eigenvalue weighted by Crippen LogP contribution is 2.33. The van der Waals surface area contributed by atoms with Crippen LogP contribution in [-0.2, 0) is 32.7 Å². The van der Waals surface area contributed by atoms with Gasteiger partial charge in [-0.25, -0.2) is 13.2 Å². The minimum absolute atomic E-state index is 0.00298. The molecule has 0 bridgehead atoms. The van der Waals surface area contributed by atoms with Crippen LogP contribution in [0.15, 0.2) is 41.3 Å². The second-order valence-corrected chi connectivity index (χ2v) is 10.4. The molecule has 1 fully saturated rings. The Morgan fingerprint density at radius 2 is 1.88 bits per heavy atom. The quantitative estimate of drug-likeness (QED) is 0.326. The minimum atomic E-state index is -3.67. The molecule has 0 saturated heterocycles. The molecule has 34 heavy (non-hydrogen) atoms. The van der Waals surface area contributed by atoms with Gasteiger partial charge < -0.3 is 14.2 Å². The predicted molar refractivity (Wildman–Crippen MR) is 121 cm³/mol. The molecule has 0 unspecified atom stereocenters. The zero-order valence-electron chi connectivity index (χ0n) is 18.8. The summed E-state index contributed by atoms with van der Waals surface area (Å²) in [4.78, 5) is 23.4. The number of fused-ring (bicyclic) bond motifs is 1. The summed E-state index contributed by atoms with van der Waals surface area (Å²) in [6.07, 6.45) is 4.84. The van der Waals surface area contributed by atoms with Crippen molar-refractivity contribution in [3.8, 4) is 5.75 Å². The Bertz CT molecular complexity index is 1170. The summed E-state index contributed by atoms with van der Waals surface area (Å²) in [6.45, 7) is -0.0898. The fourth-order valence-electron chi connectivity index (χ4n) is 4.29. The van der Waals surface area contributed by atoms with Gasteiger partial charge in [-0.3, -0.25) is 10.1 Å². The van der Waals surface area contributed by atoms with Gasteiger partial charge in [0.25, 0.3) is 5.69 Å². The lowest BCUT2D eigenvalue weighted by molar-refractivity contribution is -0.385. The van der Waals surface area contributed by atoms with Gasteiger partial charge in [-0.1, -0.05) is 19.3 Å². The number of rotatable bonds is 7. The van der Waals surface area contributed by atoms with Crippen molar-refractivity contribution in [2.24, 2.45) is 0 Å². The van der Waals surface area contributed by atoms with Crippen LogP contribution in [0.4, 0.5) is 5.69 Å². The van der Waals surface area contributed by atoms with Gasteiger partial charge >= 0.3 is 5.97 Å². The van der Waals surface area contributed by atoms with Crippen LogP contribution in [0.25, 0.3) is 0 Å². The molecule has 0 N–H and O–H groups in total. The zero-order valence-corrected chi connectivity index (χ0v) is 19.6. The van der Waals surface area contributed by atoms with E-state index in [0.29, 0.717) is 16.9 Å². The number of nitro benzene ring substituents is 1. The van der Waals surface area contributed by atoms with E-state index >= 15 is 0 Å². The number of ether oxygens (including phenoxy) is 3. The van der Waals surface area contributed by atoms with E-state index < -0.39 is 20.9 Å². The standard InChI is InChI=1S/C23H26N2O8S/c1-24(19-5-3-2-4-6-19)34(29,30)21-9-7-16(8-10-21)23(26)32-14-18-12-20(25(27)28)11-17-13-31-15-33-22(17)18/h7-12,19H,2-6,13-15H2,1H3. The summed E-state index contributed by atoms with van der Waals surface area (Å²) in [7, 11) is -2.07. The summed E-state index contributed by atoms with van der Waals surface area (Å²) in [5.74, 6) is -0.284. The first kappa shape index (κ1) is 24.1. The van der Waals surface area contributed by atoms with Crippen molar-refractivity contribution in [2.45, 2.75) is 56.3 Å². The first-order valence-corrected chi connectivity index (χ1v) is 12.5. The first-order valence-electron chi connectivity index (χ1n) is 11.0. The third-order valence-corrected chi connectivity index (χ3v) is 8.12. The van der Waals surface area contributed by atoms with E-state index in [9.17, 15) is 23.3 Å². The van der Waals surface area contributed by atoms with Crippen molar-refractivity contribution in [2.75, 3.05) is 13.8 Å². The Morgan fingerprint density at radius 1 is 1.18 bits per heavy atom. The van der Waals surface area contributed by atoms with E-state index in [-0.39, 0.29) is 42.2 Å². The molecule has 0 amide bonds. The molecule has 0 spiro atoms. The second-order valence-electron chi connectivity index (χ2n) is 8.37. The molecule has 1 saturated carbocycles. The lowest BCUT2D eigenvalue weighted by atomic mass is 9.96. The van der Waals surface area contributed by atoms with E-state index in [1.807, 2.05) is 0 Å². The Hall–Kier alpha value is -3.02. The summed E-state index contributed by atoms with van der Waals surface area (Å²) in [5.41, 5.74) is 0.871. The summed E-state index contributed by atoms with van der Waals surface area (Å²) >= 11 is 0. The molecule has 0 atom stereocenters. The molecular formula is C23H26N2O8S. The number of carbonyl (C=O) groups excluding carboxylic acids is 1. The number of esters is 1. The second kappa shape index (κ2) is 10.1. The Kier molecular flexibility index (Phi) is 7.15. The Labute approximate surface area is 197 Å². The maximum Gasteiger partial charge on any atom is 0.338 e. The molecule has 1 aliphatic carbocycles. The number of nitro groups is 1. The lowest BCUT2D eigenvalue weighted by Crippen LogP contribution is -2.38. The Balaban J connectivity index is 1.46. The number of non-ortho nitro benzene ring substituents is 1. The third-order valence-electron chi connectivity index (χ3n) is 6.20. The number of benzene rings is 2. The van der Waals surface area contributed by atoms with E-state index in [1.54, 1.807) is 7.05 Å². The van der Waals surface area contributed by atoms with Gasteiger partial charge in [-0.15, -0.1) is 0 Å². The number of nitrogens with zero attached hydrogens (tertiary/aromatic N) is 2. The average Bonchev–Trinajstić information content (AvgIpc) is 2.87. The minimum Gasteiger partial charge on any atom is -0.467 e. The zero-order chi connectivity index (χ0) is 24.3. The molecule has 10 nitrogen and oxygen atoms in total. The van der Waals surface area contributed by atoms with Crippen LogP contribution in [0.5, 0.6) is 5.75 Å². The third kappa shape index (κ3) is 5.06. The van der Waals surface area contributed by atoms with Crippen LogP contribution >= 0.6 is 0 Å². The van der Waals surface area contributed by atoms with Gasteiger partial charge in [0.1, 0.15) is 12.4 Å². The van der Waals surface area contributed by atoms with Crippen molar-refractivity contribution in [3.05, 3.63) is 63.2 Å². The number of sulfonamides is 1. The van der Waals surface area contributed by atoms with E-state index in [2.05, 4.69) is 0 Å². The highest BCUT2D eigenvalue weighted by atomic mass is 32.2. The Morgan fingerprint density at radius 3 is 2.56 bits per heavy atom. The lowest BCUT2D eigenvalue weighted by Gasteiger charge is -2.30. The molecule has 11 heteroatoms. The maximum atomic E-state index is 13.0. The highest BCUT2D eigenvalue weighted by Gasteiger charge is 2.29. The first-order chi connectivity index (χ1) is 16.3. The fourth-order valence-corrected chi connectivity index (χ4v) is 5.71. The highest BCUT2D eigenvalue weighted by molar-refractivity contribution is 7.89. The SMILES string of the molecule is CN(C1CCCCC1)S(=O)(=O)c1ccc(C(=O)OCc2cc([N+](=O)[O-])cc3c2OCOC3)cc1. The molecule has 2 aliphatic rings. The van der Waals surface area contributed by atoms with E-state index in [1.165, 1.54) is 40.7 Å². The van der Waals surface area contributed by atoms with Crippen molar-refractivity contribution in [3.63, 3.8) is 0 Å². The van der Waals surface area contributed by atoms with Gasteiger partial charge in [-0.05, 0) is 37.1 Å². The van der Waals surface area contributed by atoms with E-state index in [4.69, 9.17) is 14.2 Å². The summed E-state index contributed by atoms with van der Waals surface area (Å²) < 4.78 is 43.3. The largest absolute Gasteiger partial charge is 0.467 e. The molecule has 1 heterocycles. The van der Waals surface area contributed by atoms with Crippen molar-refractivity contribution in [1.29, 1.82) is 0 Å². The van der Waals surface area contributed by atoms with Crippen molar-refractivity contribution in [1.82, 2.24) is 4.31 Å². The normalized spacial score (nSPS) is 16.5. The van der Waals surface area contributed by atoms with Crippen LogP contribution in [0.1, 0.15) is 53.6 Å². The number of hydrogen-bond acceptors (Lipinski definition) is 8. The smallest absolute Gasteiger partial charge is 0.338 e. The molecule has 1 aliphatic heterocycles. The summed E-state index contributed by atoms with van der Waals surface area (Å²) in [5, 5.41) is 11.2.